The summed E-state index contributed by atoms with van der Waals surface area (Å²) in [5.74, 6) is -0.778. The van der Waals surface area contributed by atoms with Gasteiger partial charge in [0.05, 0.1) is 14.2 Å². The van der Waals surface area contributed by atoms with Crippen molar-refractivity contribution >= 4 is 11.9 Å². The van der Waals surface area contributed by atoms with Crippen LogP contribution in [-0.2, 0) is 19.1 Å². The van der Waals surface area contributed by atoms with Gasteiger partial charge in [0.1, 0.15) is 5.57 Å². The largest absolute Gasteiger partial charge is 0.465 e. The van der Waals surface area contributed by atoms with E-state index < -0.39 is 11.9 Å². The number of ether oxygens (including phenoxy) is 2. The average molecular weight is 228 g/mol. The van der Waals surface area contributed by atoms with Crippen molar-refractivity contribution in [3.05, 3.63) is 11.6 Å². The summed E-state index contributed by atoms with van der Waals surface area (Å²) in [6.07, 6.45) is 2.50. The Bertz CT molecular complexity index is 261. The molecule has 4 nitrogen and oxygen atoms in total. The van der Waals surface area contributed by atoms with Crippen molar-refractivity contribution in [2.45, 2.75) is 27.2 Å². The molecule has 0 bridgehead atoms. The minimum absolute atomic E-state index is 0.0226. The minimum atomic E-state index is -0.647. The number of allylic oxidation sites excluding steroid dienone is 1. The van der Waals surface area contributed by atoms with Crippen LogP contribution < -0.4 is 0 Å². The molecule has 0 aliphatic heterocycles. The molecule has 0 saturated heterocycles. The number of carbonyl (C=O) groups excluding carboxylic acids is 2. The van der Waals surface area contributed by atoms with Crippen LogP contribution in [0.2, 0.25) is 0 Å². The van der Waals surface area contributed by atoms with Gasteiger partial charge in [-0.3, -0.25) is 0 Å². The van der Waals surface area contributed by atoms with Crippen LogP contribution in [0.4, 0.5) is 0 Å². The van der Waals surface area contributed by atoms with Crippen LogP contribution in [0.1, 0.15) is 27.2 Å². The van der Waals surface area contributed by atoms with Crippen LogP contribution in [0.3, 0.4) is 0 Å². The normalized spacial score (nSPS) is 11.9. The fourth-order valence-electron chi connectivity index (χ4n) is 1.44. The molecule has 0 saturated carbocycles. The maximum Gasteiger partial charge on any atom is 0.344 e. The molecule has 16 heavy (non-hydrogen) atoms. The van der Waals surface area contributed by atoms with Gasteiger partial charge in [-0.05, 0) is 18.3 Å². The van der Waals surface area contributed by atoms with Crippen molar-refractivity contribution in [2.24, 2.45) is 11.8 Å². The van der Waals surface area contributed by atoms with E-state index in [0.29, 0.717) is 5.92 Å². The number of hydrogen-bond acceptors (Lipinski definition) is 4. The van der Waals surface area contributed by atoms with Gasteiger partial charge in [0.15, 0.2) is 0 Å². The lowest BCUT2D eigenvalue weighted by Gasteiger charge is -2.15. The molecule has 0 amide bonds. The smallest absolute Gasteiger partial charge is 0.344 e. The van der Waals surface area contributed by atoms with Crippen LogP contribution in [0.5, 0.6) is 0 Å². The third kappa shape index (κ3) is 4.04. The van der Waals surface area contributed by atoms with Gasteiger partial charge in [0.2, 0.25) is 0 Å². The maximum absolute atomic E-state index is 11.4. The van der Waals surface area contributed by atoms with E-state index in [-0.39, 0.29) is 11.5 Å². The molecular formula is C12H20O4. The second-order valence-corrected chi connectivity index (χ2v) is 3.88. The van der Waals surface area contributed by atoms with Crippen molar-refractivity contribution in [3.63, 3.8) is 0 Å². The molecule has 0 rings (SSSR count). The lowest BCUT2D eigenvalue weighted by atomic mass is 9.91. The molecule has 0 aliphatic rings. The molecule has 0 aromatic carbocycles. The zero-order valence-electron chi connectivity index (χ0n) is 10.6. The van der Waals surface area contributed by atoms with Gasteiger partial charge in [0.25, 0.3) is 0 Å². The highest BCUT2D eigenvalue weighted by atomic mass is 16.5. The second kappa shape index (κ2) is 7.04. The van der Waals surface area contributed by atoms with Crippen LogP contribution in [0, 0.1) is 11.8 Å². The molecule has 0 fully saturated rings. The number of hydrogen-bond donors (Lipinski definition) is 0. The van der Waals surface area contributed by atoms with E-state index in [0.717, 1.165) is 6.42 Å². The summed E-state index contributed by atoms with van der Waals surface area (Å²) >= 11 is 0. The van der Waals surface area contributed by atoms with E-state index in [4.69, 9.17) is 0 Å². The van der Waals surface area contributed by atoms with Gasteiger partial charge in [-0.15, -0.1) is 0 Å². The summed E-state index contributed by atoms with van der Waals surface area (Å²) in [5.41, 5.74) is -0.0226. The Balaban J connectivity index is 5.07. The topological polar surface area (TPSA) is 52.6 Å². The van der Waals surface area contributed by atoms with Gasteiger partial charge in [0, 0.05) is 0 Å². The summed E-state index contributed by atoms with van der Waals surface area (Å²) in [6, 6.07) is 0. The van der Waals surface area contributed by atoms with Crippen molar-refractivity contribution in [1.82, 2.24) is 0 Å². The van der Waals surface area contributed by atoms with Crippen molar-refractivity contribution in [1.29, 1.82) is 0 Å². The van der Waals surface area contributed by atoms with E-state index >= 15 is 0 Å². The standard InChI is InChI=1S/C12H20O4/c1-6-9(8(2)3)7-10(11(13)15-4)12(14)16-5/h7-9H,6H2,1-5H3. The molecule has 1 atom stereocenters. The highest BCUT2D eigenvalue weighted by Gasteiger charge is 2.22. The molecule has 0 radical (unpaired) electrons. The molecule has 0 spiro atoms. The Morgan fingerprint density at radius 1 is 1.12 bits per heavy atom. The molecular weight excluding hydrogens is 208 g/mol. The molecule has 0 N–H and O–H groups in total. The van der Waals surface area contributed by atoms with Crippen molar-refractivity contribution < 1.29 is 19.1 Å². The van der Waals surface area contributed by atoms with E-state index in [2.05, 4.69) is 9.47 Å². The van der Waals surface area contributed by atoms with E-state index in [1.165, 1.54) is 14.2 Å². The SMILES string of the molecule is CCC(C=C(C(=O)OC)C(=O)OC)C(C)C. The fraction of sp³-hybridized carbons (Fsp3) is 0.667. The molecule has 92 valence electrons. The fourth-order valence-corrected chi connectivity index (χ4v) is 1.44. The Kier molecular flexibility index (Phi) is 6.46. The van der Waals surface area contributed by atoms with E-state index in [9.17, 15) is 9.59 Å². The zero-order valence-corrected chi connectivity index (χ0v) is 10.6. The van der Waals surface area contributed by atoms with Crippen molar-refractivity contribution in [2.75, 3.05) is 14.2 Å². The predicted octanol–water partition coefficient (Wildman–Crippen LogP) is 1.94. The molecule has 0 heterocycles. The summed E-state index contributed by atoms with van der Waals surface area (Å²) in [5, 5.41) is 0. The van der Waals surface area contributed by atoms with Crippen LogP contribution in [0.25, 0.3) is 0 Å². The Morgan fingerprint density at radius 3 is 1.81 bits per heavy atom. The quantitative estimate of drug-likeness (QED) is 0.312. The third-order valence-corrected chi connectivity index (χ3v) is 2.52. The Morgan fingerprint density at radius 2 is 1.56 bits per heavy atom. The van der Waals surface area contributed by atoms with Crippen molar-refractivity contribution in [3.8, 4) is 0 Å². The van der Waals surface area contributed by atoms with Gasteiger partial charge in [-0.1, -0.05) is 26.8 Å². The van der Waals surface area contributed by atoms with Gasteiger partial charge < -0.3 is 9.47 Å². The molecule has 0 aliphatic carbocycles. The third-order valence-electron chi connectivity index (χ3n) is 2.52. The summed E-state index contributed by atoms with van der Waals surface area (Å²) in [6.45, 7) is 6.08. The molecule has 4 heteroatoms. The molecule has 0 aromatic rings. The first-order chi connectivity index (χ1) is 7.47. The molecule has 1 unspecified atom stereocenters. The Labute approximate surface area is 96.6 Å². The first-order valence-corrected chi connectivity index (χ1v) is 5.36. The van der Waals surface area contributed by atoms with Gasteiger partial charge in [-0.25, -0.2) is 9.59 Å². The van der Waals surface area contributed by atoms with Crippen LogP contribution in [-0.4, -0.2) is 26.2 Å². The number of methoxy groups -OCH3 is 2. The second-order valence-electron chi connectivity index (χ2n) is 3.88. The zero-order chi connectivity index (χ0) is 12.7. The number of carbonyl (C=O) groups is 2. The van der Waals surface area contributed by atoms with Crippen LogP contribution >= 0.6 is 0 Å². The summed E-state index contributed by atoms with van der Waals surface area (Å²) < 4.78 is 9.10. The lowest BCUT2D eigenvalue weighted by molar-refractivity contribution is -0.144. The summed E-state index contributed by atoms with van der Waals surface area (Å²) in [7, 11) is 2.49. The van der Waals surface area contributed by atoms with Gasteiger partial charge in [-0.2, -0.15) is 0 Å². The molecule has 0 aromatic heterocycles. The van der Waals surface area contributed by atoms with E-state index in [1.54, 1.807) is 6.08 Å². The highest BCUT2D eigenvalue weighted by molar-refractivity contribution is 6.13. The van der Waals surface area contributed by atoms with E-state index in [1.807, 2.05) is 20.8 Å². The predicted molar refractivity (Wildman–Crippen MR) is 60.7 cm³/mol. The number of rotatable bonds is 5. The highest BCUT2D eigenvalue weighted by Crippen LogP contribution is 2.19. The minimum Gasteiger partial charge on any atom is -0.465 e. The van der Waals surface area contributed by atoms with Gasteiger partial charge >= 0.3 is 11.9 Å². The summed E-state index contributed by atoms with van der Waals surface area (Å²) in [4.78, 5) is 22.8. The Hall–Kier alpha value is -1.32. The lowest BCUT2D eigenvalue weighted by Crippen LogP contribution is -2.18. The number of esters is 2. The maximum atomic E-state index is 11.4. The average Bonchev–Trinajstić information content (AvgIpc) is 2.28. The first-order valence-electron chi connectivity index (χ1n) is 5.36. The first kappa shape index (κ1) is 14.7. The van der Waals surface area contributed by atoms with Crippen LogP contribution in [0.15, 0.2) is 11.6 Å². The monoisotopic (exact) mass is 228 g/mol.